The Hall–Kier alpha value is -0.340. The number of nitrogens with two attached hydrogens (primary N) is 1. The maximum atomic E-state index is 10.1. The molecule has 3 saturated carbocycles. The lowest BCUT2D eigenvalue weighted by Gasteiger charge is -2.58. The number of allylic oxidation sites excluding steroid dienone is 1. The Kier molecular flexibility index (Phi) is 3.74. The van der Waals surface area contributed by atoms with Crippen LogP contribution in [-0.2, 0) is 0 Å². The van der Waals surface area contributed by atoms with Gasteiger partial charge >= 0.3 is 0 Å². The first-order valence-electron chi connectivity index (χ1n) is 9.99. The molecular weight excluding hydrogens is 282 g/mol. The SMILES string of the molecule is C[C@H](N)[C@@H]1CC[C@@H]2[C@H]3CC=C4C[C@@H](O)CC[C@]4(C)[C@@H]3CC[C@]21C. The molecule has 4 aliphatic carbocycles. The second-order valence-electron chi connectivity index (χ2n) is 9.74. The molecule has 0 aromatic rings. The zero-order valence-electron chi connectivity index (χ0n) is 15.2. The van der Waals surface area contributed by atoms with Crippen molar-refractivity contribution in [3.63, 3.8) is 0 Å². The van der Waals surface area contributed by atoms with Gasteiger partial charge in [-0.1, -0.05) is 25.5 Å². The van der Waals surface area contributed by atoms with Crippen LogP contribution in [0.3, 0.4) is 0 Å². The summed E-state index contributed by atoms with van der Waals surface area (Å²) in [7, 11) is 0. The summed E-state index contributed by atoms with van der Waals surface area (Å²) in [4.78, 5) is 0. The molecule has 3 fully saturated rings. The quantitative estimate of drug-likeness (QED) is 0.709. The van der Waals surface area contributed by atoms with E-state index in [9.17, 15) is 5.11 Å². The van der Waals surface area contributed by atoms with Crippen molar-refractivity contribution in [3.8, 4) is 0 Å². The van der Waals surface area contributed by atoms with Gasteiger partial charge in [-0.15, -0.1) is 0 Å². The lowest BCUT2D eigenvalue weighted by molar-refractivity contribution is -0.0520. The minimum atomic E-state index is -0.0892. The highest BCUT2D eigenvalue weighted by atomic mass is 16.3. The number of aliphatic hydroxyl groups excluding tert-OH is 1. The number of hydrogen-bond acceptors (Lipinski definition) is 2. The van der Waals surface area contributed by atoms with Crippen LogP contribution in [0.25, 0.3) is 0 Å². The lowest BCUT2D eigenvalue weighted by Crippen LogP contribution is -2.51. The van der Waals surface area contributed by atoms with Gasteiger partial charge in [0, 0.05) is 6.04 Å². The second kappa shape index (κ2) is 5.33. The van der Waals surface area contributed by atoms with Crippen LogP contribution >= 0.6 is 0 Å². The Morgan fingerprint density at radius 2 is 1.91 bits per heavy atom. The topological polar surface area (TPSA) is 46.2 Å². The van der Waals surface area contributed by atoms with Gasteiger partial charge in [-0.2, -0.15) is 0 Å². The molecule has 4 aliphatic rings. The molecule has 0 aliphatic heterocycles. The summed E-state index contributed by atoms with van der Waals surface area (Å²) in [6, 6.07) is 0.344. The highest BCUT2D eigenvalue weighted by Crippen LogP contribution is 2.66. The minimum absolute atomic E-state index is 0.0892. The molecule has 2 nitrogen and oxygen atoms in total. The summed E-state index contributed by atoms with van der Waals surface area (Å²) in [5.41, 5.74) is 8.80. The molecule has 0 radical (unpaired) electrons. The first-order valence-corrected chi connectivity index (χ1v) is 9.99. The van der Waals surface area contributed by atoms with Crippen molar-refractivity contribution >= 4 is 0 Å². The van der Waals surface area contributed by atoms with Crippen molar-refractivity contribution in [2.45, 2.75) is 84.3 Å². The summed E-state index contributed by atoms with van der Waals surface area (Å²) < 4.78 is 0. The molecule has 0 saturated heterocycles. The van der Waals surface area contributed by atoms with E-state index in [4.69, 9.17) is 5.73 Å². The van der Waals surface area contributed by atoms with Crippen LogP contribution < -0.4 is 5.73 Å². The molecule has 0 amide bonds. The molecule has 0 heterocycles. The standard InChI is InChI=1S/C21H35NO/c1-13(22)17-6-7-18-16-5-4-14-12-15(23)8-10-20(14,2)19(16)9-11-21(17,18)3/h4,13,15-19,23H,5-12,22H2,1-3H3/t13-,15-,16+,17-,18+,19+,20-,21-/m0/s1. The number of aliphatic hydroxyl groups is 1. The Bertz CT molecular complexity index is 512. The van der Waals surface area contributed by atoms with E-state index in [2.05, 4.69) is 26.8 Å². The normalized spacial score (nSPS) is 53.8. The second-order valence-corrected chi connectivity index (χ2v) is 9.74. The van der Waals surface area contributed by atoms with Crippen molar-refractivity contribution in [2.24, 2.45) is 40.2 Å². The molecule has 0 aromatic carbocycles. The van der Waals surface area contributed by atoms with Gasteiger partial charge in [-0.3, -0.25) is 0 Å². The fourth-order valence-electron chi connectivity index (χ4n) is 7.55. The molecule has 0 bridgehead atoms. The third-order valence-corrected chi connectivity index (χ3v) is 8.79. The number of hydrogen-bond donors (Lipinski definition) is 2. The van der Waals surface area contributed by atoms with Gasteiger partial charge in [0.25, 0.3) is 0 Å². The maximum Gasteiger partial charge on any atom is 0.0577 e. The highest BCUT2D eigenvalue weighted by molar-refractivity contribution is 5.25. The molecule has 4 rings (SSSR count). The van der Waals surface area contributed by atoms with Gasteiger partial charge in [0.2, 0.25) is 0 Å². The predicted molar refractivity (Wildman–Crippen MR) is 94.8 cm³/mol. The Labute approximate surface area is 141 Å². The van der Waals surface area contributed by atoms with Gasteiger partial charge in [-0.05, 0) is 92.8 Å². The number of rotatable bonds is 1. The summed E-state index contributed by atoms with van der Waals surface area (Å²) in [5, 5.41) is 10.1. The first-order chi connectivity index (χ1) is 10.9. The van der Waals surface area contributed by atoms with E-state index in [0.717, 1.165) is 36.5 Å². The summed E-state index contributed by atoms with van der Waals surface area (Å²) in [6.07, 6.45) is 12.3. The third-order valence-electron chi connectivity index (χ3n) is 8.79. The van der Waals surface area contributed by atoms with Crippen LogP contribution in [0, 0.1) is 34.5 Å². The van der Waals surface area contributed by atoms with Gasteiger partial charge in [0.05, 0.1) is 6.10 Å². The molecule has 8 atom stereocenters. The van der Waals surface area contributed by atoms with E-state index in [1.807, 2.05) is 0 Å². The molecular formula is C21H35NO. The van der Waals surface area contributed by atoms with Crippen molar-refractivity contribution < 1.29 is 5.11 Å². The molecule has 23 heavy (non-hydrogen) atoms. The largest absolute Gasteiger partial charge is 0.393 e. The van der Waals surface area contributed by atoms with Crippen LogP contribution in [0.5, 0.6) is 0 Å². The van der Waals surface area contributed by atoms with E-state index in [-0.39, 0.29) is 6.10 Å². The molecule has 0 spiro atoms. The summed E-state index contributed by atoms with van der Waals surface area (Å²) >= 11 is 0. The average molecular weight is 318 g/mol. The van der Waals surface area contributed by atoms with Crippen LogP contribution in [0.1, 0.15) is 72.1 Å². The molecule has 3 N–H and O–H groups in total. The van der Waals surface area contributed by atoms with Crippen molar-refractivity contribution in [3.05, 3.63) is 11.6 Å². The maximum absolute atomic E-state index is 10.1. The molecule has 0 unspecified atom stereocenters. The lowest BCUT2D eigenvalue weighted by atomic mass is 9.47. The molecule has 2 heteroatoms. The van der Waals surface area contributed by atoms with E-state index in [1.165, 1.54) is 38.5 Å². The van der Waals surface area contributed by atoms with E-state index in [1.54, 1.807) is 5.57 Å². The van der Waals surface area contributed by atoms with Crippen LogP contribution in [0.4, 0.5) is 0 Å². The van der Waals surface area contributed by atoms with Crippen molar-refractivity contribution in [1.82, 2.24) is 0 Å². The smallest absolute Gasteiger partial charge is 0.0577 e. The molecule has 0 aromatic heterocycles. The van der Waals surface area contributed by atoms with Gasteiger partial charge in [0.1, 0.15) is 0 Å². The van der Waals surface area contributed by atoms with Gasteiger partial charge in [-0.25, -0.2) is 0 Å². The fourth-order valence-corrected chi connectivity index (χ4v) is 7.55. The monoisotopic (exact) mass is 317 g/mol. The van der Waals surface area contributed by atoms with Gasteiger partial charge < -0.3 is 10.8 Å². The van der Waals surface area contributed by atoms with Crippen molar-refractivity contribution in [2.75, 3.05) is 0 Å². The average Bonchev–Trinajstić information content (AvgIpc) is 2.85. The fraction of sp³-hybridized carbons (Fsp3) is 0.905. The highest BCUT2D eigenvalue weighted by Gasteiger charge is 2.58. The van der Waals surface area contributed by atoms with Crippen LogP contribution in [0.2, 0.25) is 0 Å². The van der Waals surface area contributed by atoms with Gasteiger partial charge in [0.15, 0.2) is 0 Å². The first kappa shape index (κ1) is 16.1. The van der Waals surface area contributed by atoms with E-state index >= 15 is 0 Å². The van der Waals surface area contributed by atoms with Crippen LogP contribution in [0.15, 0.2) is 11.6 Å². The Morgan fingerprint density at radius 3 is 2.65 bits per heavy atom. The Balaban J connectivity index is 1.65. The minimum Gasteiger partial charge on any atom is -0.393 e. The van der Waals surface area contributed by atoms with E-state index in [0.29, 0.717) is 16.9 Å². The zero-order valence-corrected chi connectivity index (χ0v) is 15.2. The zero-order chi connectivity index (χ0) is 16.4. The molecule has 130 valence electrons. The van der Waals surface area contributed by atoms with E-state index < -0.39 is 0 Å². The summed E-state index contributed by atoms with van der Waals surface area (Å²) in [6.45, 7) is 7.30. The Morgan fingerprint density at radius 1 is 1.13 bits per heavy atom. The van der Waals surface area contributed by atoms with Crippen LogP contribution in [-0.4, -0.2) is 17.3 Å². The predicted octanol–water partition coefficient (Wildman–Crippen LogP) is 4.27. The number of fused-ring (bicyclic) bond motifs is 5. The van der Waals surface area contributed by atoms with Crippen molar-refractivity contribution in [1.29, 1.82) is 0 Å². The third kappa shape index (κ3) is 2.20. The summed E-state index contributed by atoms with van der Waals surface area (Å²) in [5.74, 6) is 3.31.